The number of esters is 1. The van der Waals surface area contributed by atoms with E-state index in [4.69, 9.17) is 9.47 Å². The molecule has 1 amide bonds. The SMILES string of the molecule is CC(=O)Oc1ccccc1/C=N/NC(=O)COc1ccc(C)c(C)c1. The van der Waals surface area contributed by atoms with Crippen LogP contribution in [0, 0.1) is 13.8 Å². The van der Waals surface area contributed by atoms with Gasteiger partial charge in [-0.3, -0.25) is 9.59 Å². The highest BCUT2D eigenvalue weighted by atomic mass is 16.5. The predicted octanol–water partition coefficient (Wildman–Crippen LogP) is 2.76. The largest absolute Gasteiger partial charge is 0.484 e. The maximum Gasteiger partial charge on any atom is 0.308 e. The highest BCUT2D eigenvalue weighted by Crippen LogP contribution is 2.17. The van der Waals surface area contributed by atoms with Crippen LogP contribution in [-0.2, 0) is 9.59 Å². The number of aryl methyl sites for hydroxylation is 2. The molecule has 0 saturated carbocycles. The average Bonchev–Trinajstić information content (AvgIpc) is 2.57. The summed E-state index contributed by atoms with van der Waals surface area (Å²) < 4.78 is 10.5. The Kier molecular flexibility index (Phi) is 6.28. The van der Waals surface area contributed by atoms with Crippen molar-refractivity contribution in [2.75, 3.05) is 6.61 Å². The number of nitrogens with zero attached hydrogens (tertiary/aromatic N) is 1. The number of ether oxygens (including phenoxy) is 2. The summed E-state index contributed by atoms with van der Waals surface area (Å²) in [7, 11) is 0. The first kappa shape index (κ1) is 18.2. The average molecular weight is 340 g/mol. The fourth-order valence-corrected chi connectivity index (χ4v) is 1.99. The van der Waals surface area contributed by atoms with Crippen LogP contribution in [-0.4, -0.2) is 24.7 Å². The first-order valence-corrected chi connectivity index (χ1v) is 7.75. The van der Waals surface area contributed by atoms with Crippen LogP contribution in [0.5, 0.6) is 11.5 Å². The number of carbonyl (C=O) groups is 2. The van der Waals surface area contributed by atoms with Crippen molar-refractivity contribution in [3.05, 3.63) is 59.2 Å². The molecule has 2 aromatic rings. The molecule has 0 heterocycles. The number of hydrogen-bond donors (Lipinski definition) is 1. The standard InChI is InChI=1S/C19H20N2O4/c1-13-8-9-17(10-14(13)2)24-12-19(23)21-20-11-16-6-4-5-7-18(16)25-15(3)22/h4-11H,12H2,1-3H3,(H,21,23)/b20-11+. The van der Waals surface area contributed by atoms with E-state index in [0.29, 0.717) is 17.1 Å². The maximum absolute atomic E-state index is 11.8. The van der Waals surface area contributed by atoms with Crippen molar-refractivity contribution >= 4 is 18.1 Å². The fraction of sp³-hybridized carbons (Fsp3) is 0.211. The lowest BCUT2D eigenvalue weighted by atomic mass is 10.1. The molecule has 0 radical (unpaired) electrons. The number of benzene rings is 2. The van der Waals surface area contributed by atoms with Gasteiger partial charge in [0.25, 0.3) is 5.91 Å². The molecule has 0 fully saturated rings. The minimum absolute atomic E-state index is 0.147. The summed E-state index contributed by atoms with van der Waals surface area (Å²) in [5, 5.41) is 3.86. The second kappa shape index (κ2) is 8.63. The van der Waals surface area contributed by atoms with Gasteiger partial charge in [-0.2, -0.15) is 5.10 Å². The van der Waals surface area contributed by atoms with E-state index in [-0.39, 0.29) is 12.5 Å². The molecule has 25 heavy (non-hydrogen) atoms. The smallest absolute Gasteiger partial charge is 0.308 e. The molecular formula is C19H20N2O4. The van der Waals surface area contributed by atoms with Gasteiger partial charge < -0.3 is 9.47 Å². The van der Waals surface area contributed by atoms with Crippen molar-refractivity contribution in [3.63, 3.8) is 0 Å². The molecule has 0 atom stereocenters. The molecule has 0 aliphatic rings. The Labute approximate surface area is 146 Å². The van der Waals surface area contributed by atoms with Crippen molar-refractivity contribution in [1.29, 1.82) is 0 Å². The van der Waals surface area contributed by atoms with Crippen LogP contribution in [0.1, 0.15) is 23.6 Å². The Hall–Kier alpha value is -3.15. The number of carbonyl (C=O) groups excluding carboxylic acids is 2. The zero-order chi connectivity index (χ0) is 18.2. The summed E-state index contributed by atoms with van der Waals surface area (Å²) in [4.78, 5) is 22.8. The van der Waals surface area contributed by atoms with Crippen molar-refractivity contribution in [2.24, 2.45) is 5.10 Å². The lowest BCUT2D eigenvalue weighted by Crippen LogP contribution is -2.24. The van der Waals surface area contributed by atoms with Crippen LogP contribution >= 0.6 is 0 Å². The minimum Gasteiger partial charge on any atom is -0.484 e. The number of para-hydroxylation sites is 1. The second-order valence-electron chi connectivity index (χ2n) is 5.46. The van der Waals surface area contributed by atoms with Gasteiger partial charge in [-0.15, -0.1) is 0 Å². The highest BCUT2D eigenvalue weighted by Gasteiger charge is 2.05. The van der Waals surface area contributed by atoms with Crippen molar-refractivity contribution < 1.29 is 19.1 Å². The summed E-state index contributed by atoms with van der Waals surface area (Å²) in [6.45, 7) is 5.16. The first-order chi connectivity index (χ1) is 12.0. The third-order valence-corrected chi connectivity index (χ3v) is 3.41. The molecule has 0 saturated heterocycles. The summed E-state index contributed by atoms with van der Waals surface area (Å²) in [6.07, 6.45) is 1.41. The van der Waals surface area contributed by atoms with E-state index in [1.165, 1.54) is 13.1 Å². The van der Waals surface area contributed by atoms with E-state index < -0.39 is 5.97 Å². The van der Waals surface area contributed by atoms with Crippen LogP contribution in [0.2, 0.25) is 0 Å². The molecule has 0 unspecified atom stereocenters. The molecule has 6 nitrogen and oxygen atoms in total. The number of nitrogens with one attached hydrogen (secondary N) is 1. The minimum atomic E-state index is -0.424. The van der Waals surface area contributed by atoms with Crippen LogP contribution in [0.25, 0.3) is 0 Å². The van der Waals surface area contributed by atoms with Gasteiger partial charge >= 0.3 is 5.97 Å². The zero-order valence-corrected chi connectivity index (χ0v) is 14.4. The lowest BCUT2D eigenvalue weighted by molar-refractivity contribution is -0.132. The lowest BCUT2D eigenvalue weighted by Gasteiger charge is -2.07. The van der Waals surface area contributed by atoms with Crippen LogP contribution in [0.15, 0.2) is 47.6 Å². The topological polar surface area (TPSA) is 77.0 Å². The first-order valence-electron chi connectivity index (χ1n) is 7.75. The zero-order valence-electron chi connectivity index (χ0n) is 14.4. The Morgan fingerprint density at radius 3 is 2.60 bits per heavy atom. The van der Waals surface area contributed by atoms with Crippen LogP contribution < -0.4 is 14.9 Å². The molecule has 0 bridgehead atoms. The molecule has 0 spiro atoms. The molecule has 2 aromatic carbocycles. The van der Waals surface area contributed by atoms with Crippen LogP contribution in [0.4, 0.5) is 0 Å². The highest BCUT2D eigenvalue weighted by molar-refractivity contribution is 5.86. The van der Waals surface area contributed by atoms with E-state index in [9.17, 15) is 9.59 Å². The van der Waals surface area contributed by atoms with Gasteiger partial charge in [-0.25, -0.2) is 5.43 Å². The summed E-state index contributed by atoms with van der Waals surface area (Å²) in [5.41, 5.74) is 5.21. The molecule has 1 N–H and O–H groups in total. The Balaban J connectivity index is 1.88. The molecule has 6 heteroatoms. The number of rotatable bonds is 6. The third kappa shape index (κ3) is 5.76. The Morgan fingerprint density at radius 2 is 1.88 bits per heavy atom. The summed E-state index contributed by atoms with van der Waals surface area (Å²) in [6, 6.07) is 12.5. The Bertz CT molecular complexity index is 800. The van der Waals surface area contributed by atoms with Crippen molar-refractivity contribution in [2.45, 2.75) is 20.8 Å². The quantitative estimate of drug-likeness (QED) is 0.380. The van der Waals surface area contributed by atoms with Gasteiger partial charge in [0, 0.05) is 12.5 Å². The molecule has 2 rings (SSSR count). The number of amides is 1. The van der Waals surface area contributed by atoms with Gasteiger partial charge in [0.15, 0.2) is 6.61 Å². The van der Waals surface area contributed by atoms with Gasteiger partial charge in [0.2, 0.25) is 0 Å². The molecule has 0 aliphatic carbocycles. The fourth-order valence-electron chi connectivity index (χ4n) is 1.99. The van der Waals surface area contributed by atoms with E-state index >= 15 is 0 Å². The van der Waals surface area contributed by atoms with Gasteiger partial charge in [-0.05, 0) is 49.2 Å². The normalized spacial score (nSPS) is 10.5. The number of hydrogen-bond acceptors (Lipinski definition) is 5. The van der Waals surface area contributed by atoms with E-state index in [1.807, 2.05) is 32.0 Å². The van der Waals surface area contributed by atoms with E-state index in [1.54, 1.807) is 24.3 Å². The molecular weight excluding hydrogens is 320 g/mol. The predicted molar refractivity (Wildman–Crippen MR) is 94.9 cm³/mol. The van der Waals surface area contributed by atoms with E-state index in [0.717, 1.165) is 11.1 Å². The van der Waals surface area contributed by atoms with Crippen molar-refractivity contribution in [1.82, 2.24) is 5.43 Å². The van der Waals surface area contributed by atoms with E-state index in [2.05, 4.69) is 10.5 Å². The Morgan fingerprint density at radius 1 is 1.12 bits per heavy atom. The molecule has 130 valence electrons. The van der Waals surface area contributed by atoms with Crippen molar-refractivity contribution in [3.8, 4) is 11.5 Å². The summed E-state index contributed by atoms with van der Waals surface area (Å²) >= 11 is 0. The second-order valence-corrected chi connectivity index (χ2v) is 5.46. The third-order valence-electron chi connectivity index (χ3n) is 3.41. The molecule has 0 aliphatic heterocycles. The van der Waals surface area contributed by atoms with Gasteiger partial charge in [-0.1, -0.05) is 18.2 Å². The van der Waals surface area contributed by atoms with Gasteiger partial charge in [0.1, 0.15) is 11.5 Å². The summed E-state index contributed by atoms with van der Waals surface area (Å²) in [5.74, 6) is 0.188. The number of hydrazone groups is 1. The van der Waals surface area contributed by atoms with Crippen LogP contribution in [0.3, 0.4) is 0 Å². The maximum atomic E-state index is 11.8. The van der Waals surface area contributed by atoms with Gasteiger partial charge in [0.05, 0.1) is 6.21 Å². The monoisotopic (exact) mass is 340 g/mol. The molecule has 0 aromatic heterocycles.